The van der Waals surface area contributed by atoms with Gasteiger partial charge in [-0.2, -0.15) is 4.98 Å². The summed E-state index contributed by atoms with van der Waals surface area (Å²) in [4.78, 5) is 43.5. The van der Waals surface area contributed by atoms with Crippen LogP contribution in [0.2, 0.25) is 0 Å². The summed E-state index contributed by atoms with van der Waals surface area (Å²) in [5.41, 5.74) is 10.1. The Hall–Kier alpha value is -4.32. The number of amides is 2. The van der Waals surface area contributed by atoms with Gasteiger partial charge in [0, 0.05) is 43.2 Å². The number of pyridine rings is 1. The van der Waals surface area contributed by atoms with Gasteiger partial charge in [-0.1, -0.05) is 17.4 Å². The molecule has 0 bridgehead atoms. The predicted molar refractivity (Wildman–Crippen MR) is 144 cm³/mol. The first kappa shape index (κ1) is 24.4. The van der Waals surface area contributed by atoms with Gasteiger partial charge in [0.15, 0.2) is 5.13 Å². The van der Waals surface area contributed by atoms with E-state index in [-0.39, 0.29) is 11.9 Å². The highest BCUT2D eigenvalue weighted by Gasteiger charge is 2.26. The van der Waals surface area contributed by atoms with Crippen LogP contribution in [0.1, 0.15) is 19.8 Å². The van der Waals surface area contributed by atoms with Gasteiger partial charge in [0.05, 0.1) is 21.8 Å². The molecule has 190 valence electrons. The number of anilines is 3. The lowest BCUT2D eigenvalue weighted by Gasteiger charge is -2.30. The van der Waals surface area contributed by atoms with Gasteiger partial charge >= 0.3 is 12.0 Å². The molecule has 1 fully saturated rings. The molecular weight excluding hydrogens is 492 g/mol. The number of urea groups is 1. The van der Waals surface area contributed by atoms with Crippen LogP contribution in [0.5, 0.6) is 0 Å². The Morgan fingerprint density at radius 2 is 1.97 bits per heavy atom. The highest BCUT2D eigenvalue weighted by molar-refractivity contribution is 7.22. The number of carboxylic acids is 1. The molecule has 0 spiro atoms. The highest BCUT2D eigenvalue weighted by atomic mass is 32.1. The molecule has 2 amide bonds. The molecule has 0 radical (unpaired) electrons. The largest absolute Gasteiger partial charge is 0.481 e. The van der Waals surface area contributed by atoms with Crippen LogP contribution in [0.4, 0.5) is 21.7 Å². The maximum atomic E-state index is 12.1. The van der Waals surface area contributed by atoms with Crippen molar-refractivity contribution in [3.05, 3.63) is 42.7 Å². The maximum Gasteiger partial charge on any atom is 0.321 e. The van der Waals surface area contributed by atoms with Crippen LogP contribution in [0.25, 0.3) is 32.6 Å². The van der Waals surface area contributed by atoms with Crippen molar-refractivity contribution in [2.75, 3.05) is 35.6 Å². The van der Waals surface area contributed by atoms with Gasteiger partial charge in [0.1, 0.15) is 5.82 Å². The molecule has 3 aromatic heterocycles. The number of hydrogen-bond acceptors (Lipinski definition) is 9. The first-order valence-corrected chi connectivity index (χ1v) is 12.8. The van der Waals surface area contributed by atoms with Crippen LogP contribution in [-0.2, 0) is 4.79 Å². The summed E-state index contributed by atoms with van der Waals surface area (Å²) in [7, 11) is 0. The zero-order valence-corrected chi connectivity index (χ0v) is 21.0. The fourth-order valence-electron chi connectivity index (χ4n) is 4.34. The number of nitrogen functional groups attached to an aromatic ring is 1. The van der Waals surface area contributed by atoms with Crippen LogP contribution in [-0.4, -0.2) is 56.7 Å². The normalized spacial score (nSPS) is 14.0. The Balaban J connectivity index is 1.51. The van der Waals surface area contributed by atoms with Crippen LogP contribution in [0, 0.1) is 5.92 Å². The minimum Gasteiger partial charge on any atom is -0.481 e. The molecule has 0 aliphatic carbocycles. The number of fused-ring (bicyclic) bond motifs is 1. The summed E-state index contributed by atoms with van der Waals surface area (Å²) in [5.74, 6) is -0.304. The summed E-state index contributed by atoms with van der Waals surface area (Å²) in [5, 5.41) is 15.2. The van der Waals surface area contributed by atoms with E-state index in [2.05, 4.69) is 30.6 Å². The van der Waals surface area contributed by atoms with Gasteiger partial charge in [-0.05, 0) is 49.6 Å². The monoisotopic (exact) mass is 518 g/mol. The number of aliphatic carboxylic acids is 1. The number of carbonyl (C=O) groups excluding carboxylic acids is 1. The highest BCUT2D eigenvalue weighted by Crippen LogP contribution is 2.39. The number of benzene rings is 1. The molecule has 1 aromatic carbocycles. The number of nitrogens with zero attached hydrogens (tertiary/aromatic N) is 5. The van der Waals surface area contributed by atoms with Crippen molar-refractivity contribution in [1.82, 2.24) is 25.3 Å². The van der Waals surface area contributed by atoms with Gasteiger partial charge < -0.3 is 21.1 Å². The van der Waals surface area contributed by atoms with Gasteiger partial charge in [-0.3, -0.25) is 15.1 Å². The maximum absolute atomic E-state index is 12.1. The predicted octanol–water partition coefficient (Wildman–Crippen LogP) is 3.84. The second-order valence-electron chi connectivity index (χ2n) is 8.66. The summed E-state index contributed by atoms with van der Waals surface area (Å²) >= 11 is 1.37. The third kappa shape index (κ3) is 5.14. The minimum atomic E-state index is -0.763. The van der Waals surface area contributed by atoms with E-state index in [1.807, 2.05) is 42.2 Å². The Kier molecular flexibility index (Phi) is 6.82. The molecule has 4 aromatic rings. The van der Waals surface area contributed by atoms with Crippen LogP contribution < -0.4 is 21.3 Å². The number of rotatable bonds is 6. The quantitative estimate of drug-likeness (QED) is 0.297. The molecule has 5 rings (SSSR count). The van der Waals surface area contributed by atoms with Crippen molar-refractivity contribution >= 4 is 50.5 Å². The molecule has 5 N–H and O–H groups in total. The molecule has 0 atom stereocenters. The lowest BCUT2D eigenvalue weighted by molar-refractivity contribution is -0.142. The number of hydrogen-bond donors (Lipinski definition) is 4. The third-order valence-corrected chi connectivity index (χ3v) is 7.25. The van der Waals surface area contributed by atoms with Gasteiger partial charge in [0.2, 0.25) is 5.95 Å². The average molecular weight is 519 g/mol. The second-order valence-corrected chi connectivity index (χ2v) is 9.66. The Morgan fingerprint density at radius 3 is 2.65 bits per heavy atom. The van der Waals surface area contributed by atoms with Crippen molar-refractivity contribution in [1.29, 1.82) is 0 Å². The SMILES string of the molecule is CCNC(=O)Nc1nc2cc(-c3cnc(N4CCC(C(=O)O)CC4)nc3N)cc(-c3ccccn3)c2s1. The second kappa shape index (κ2) is 10.3. The zero-order valence-electron chi connectivity index (χ0n) is 20.1. The van der Waals surface area contributed by atoms with E-state index < -0.39 is 5.97 Å². The topological polar surface area (TPSA) is 159 Å². The van der Waals surface area contributed by atoms with Gasteiger partial charge in [0.25, 0.3) is 0 Å². The van der Waals surface area contributed by atoms with E-state index in [1.165, 1.54) is 11.3 Å². The van der Waals surface area contributed by atoms with Crippen LogP contribution in [0.15, 0.2) is 42.7 Å². The molecule has 0 saturated carbocycles. The fourth-order valence-corrected chi connectivity index (χ4v) is 5.31. The van der Waals surface area contributed by atoms with Crippen molar-refractivity contribution in [3.8, 4) is 22.4 Å². The molecule has 0 unspecified atom stereocenters. The Labute approximate surface area is 216 Å². The van der Waals surface area contributed by atoms with Gasteiger partial charge in [-0.15, -0.1) is 0 Å². The Morgan fingerprint density at radius 1 is 1.16 bits per heavy atom. The van der Waals surface area contributed by atoms with E-state index in [0.29, 0.717) is 60.5 Å². The van der Waals surface area contributed by atoms with Crippen LogP contribution in [0.3, 0.4) is 0 Å². The lowest BCUT2D eigenvalue weighted by atomic mass is 9.97. The van der Waals surface area contributed by atoms with E-state index >= 15 is 0 Å². The minimum absolute atomic E-state index is 0.313. The fraction of sp³-hybridized carbons (Fsp3) is 0.280. The van der Waals surface area contributed by atoms with E-state index in [9.17, 15) is 14.7 Å². The molecule has 12 heteroatoms. The number of nitrogens with one attached hydrogen (secondary N) is 2. The Bertz CT molecular complexity index is 1450. The molecule has 37 heavy (non-hydrogen) atoms. The number of aromatic nitrogens is 4. The van der Waals surface area contributed by atoms with Crippen LogP contribution >= 0.6 is 11.3 Å². The van der Waals surface area contributed by atoms with Crippen molar-refractivity contribution in [2.45, 2.75) is 19.8 Å². The number of nitrogens with two attached hydrogens (primary N) is 1. The summed E-state index contributed by atoms with van der Waals surface area (Å²) in [6.07, 6.45) is 4.49. The van der Waals surface area contributed by atoms with Crippen molar-refractivity contribution in [2.24, 2.45) is 5.92 Å². The number of carbonyl (C=O) groups is 2. The lowest BCUT2D eigenvalue weighted by Crippen LogP contribution is -2.37. The standard InChI is InChI=1S/C25H26N8O3S/c1-2-27-24(36)32-25-30-19-12-15(11-16(20(19)37-25)18-5-3-4-8-28-18)17-13-29-23(31-21(17)26)33-9-6-14(7-10-33)22(34)35/h3-5,8,11-14H,2,6-7,9-10H2,1H3,(H,34,35)(H2,26,29,31)(H2,27,30,32,36). The molecule has 1 aliphatic heterocycles. The number of thiazole rings is 1. The van der Waals surface area contributed by atoms with E-state index in [4.69, 9.17) is 5.73 Å². The number of piperidine rings is 1. The molecule has 1 aliphatic rings. The van der Waals surface area contributed by atoms with E-state index in [0.717, 1.165) is 21.5 Å². The van der Waals surface area contributed by atoms with Gasteiger partial charge in [-0.25, -0.2) is 14.8 Å². The smallest absolute Gasteiger partial charge is 0.321 e. The summed E-state index contributed by atoms with van der Waals surface area (Å²) in [6, 6.07) is 9.24. The third-order valence-electron chi connectivity index (χ3n) is 6.23. The van der Waals surface area contributed by atoms with E-state index in [1.54, 1.807) is 12.4 Å². The molecule has 11 nitrogen and oxygen atoms in total. The first-order chi connectivity index (χ1) is 17.9. The number of carboxylic acid groups (broad SMARTS) is 1. The zero-order chi connectivity index (χ0) is 25.9. The van der Waals surface area contributed by atoms with Crippen molar-refractivity contribution in [3.63, 3.8) is 0 Å². The summed E-state index contributed by atoms with van der Waals surface area (Å²) < 4.78 is 0.881. The molecule has 4 heterocycles. The summed E-state index contributed by atoms with van der Waals surface area (Å²) in [6.45, 7) is 3.48. The molecule has 1 saturated heterocycles. The average Bonchev–Trinajstić information content (AvgIpc) is 3.31. The van der Waals surface area contributed by atoms with Crippen molar-refractivity contribution < 1.29 is 14.7 Å². The molecular formula is C25H26N8O3S. The first-order valence-electron chi connectivity index (χ1n) is 11.9.